The van der Waals surface area contributed by atoms with Crippen molar-refractivity contribution in [2.75, 3.05) is 7.11 Å². The number of primary amides is 1. The molecule has 1 heterocycles. The third-order valence-electron chi connectivity index (χ3n) is 2.76. The smallest absolute Gasteiger partial charge is 0.346 e. The van der Waals surface area contributed by atoms with Crippen LogP contribution in [0.5, 0.6) is 5.75 Å². The fourth-order valence-corrected chi connectivity index (χ4v) is 1.71. The number of benzene rings is 1. The van der Waals surface area contributed by atoms with E-state index in [-0.39, 0.29) is 5.69 Å². The van der Waals surface area contributed by atoms with E-state index in [1.165, 1.54) is 7.11 Å². The number of carbonyl (C=O) groups is 2. The highest BCUT2D eigenvalue weighted by Crippen LogP contribution is 2.23. The highest BCUT2D eigenvalue weighted by atomic mass is 16.6. The van der Waals surface area contributed by atoms with Crippen molar-refractivity contribution in [3.63, 3.8) is 0 Å². The molecular formula is C13H14N4O4. The zero-order valence-corrected chi connectivity index (χ0v) is 11.5. The number of esters is 1. The van der Waals surface area contributed by atoms with Crippen molar-refractivity contribution in [1.29, 1.82) is 0 Å². The van der Waals surface area contributed by atoms with Crippen LogP contribution in [0.4, 0.5) is 0 Å². The molecule has 8 heteroatoms. The molecule has 0 aliphatic carbocycles. The van der Waals surface area contributed by atoms with Gasteiger partial charge in [0, 0.05) is 5.56 Å². The lowest BCUT2D eigenvalue weighted by molar-refractivity contribution is -0.147. The maximum atomic E-state index is 11.3. The molecule has 0 radical (unpaired) electrons. The number of carbonyl (C=O) groups excluding carboxylic acids is 2. The van der Waals surface area contributed by atoms with Crippen molar-refractivity contribution < 1.29 is 19.1 Å². The van der Waals surface area contributed by atoms with Crippen molar-refractivity contribution in [2.24, 2.45) is 5.73 Å². The van der Waals surface area contributed by atoms with Gasteiger partial charge < -0.3 is 15.2 Å². The number of amides is 1. The minimum atomic E-state index is -0.714. The number of aromatic nitrogens is 3. The molecule has 1 aromatic carbocycles. The van der Waals surface area contributed by atoms with Gasteiger partial charge in [0.15, 0.2) is 11.8 Å². The summed E-state index contributed by atoms with van der Waals surface area (Å²) in [5.41, 5.74) is 6.27. The van der Waals surface area contributed by atoms with Crippen LogP contribution in [0.1, 0.15) is 17.4 Å². The Bertz CT molecular complexity index is 650. The van der Waals surface area contributed by atoms with Gasteiger partial charge >= 0.3 is 5.97 Å². The lowest BCUT2D eigenvalue weighted by Crippen LogP contribution is -2.24. The molecule has 1 unspecified atom stereocenters. The summed E-state index contributed by atoms with van der Waals surface area (Å²) in [6, 6.07) is 6.66. The Labute approximate surface area is 120 Å². The monoisotopic (exact) mass is 290 g/mol. The number of nitrogens with zero attached hydrogens (tertiary/aromatic N) is 2. The summed E-state index contributed by atoms with van der Waals surface area (Å²) < 4.78 is 9.98. The first-order valence-corrected chi connectivity index (χ1v) is 6.08. The van der Waals surface area contributed by atoms with Gasteiger partial charge in [-0.2, -0.15) is 15.4 Å². The number of ether oxygens (including phenoxy) is 2. The third-order valence-corrected chi connectivity index (χ3v) is 2.76. The van der Waals surface area contributed by atoms with Crippen molar-refractivity contribution in [3.8, 4) is 17.0 Å². The Balaban J connectivity index is 2.17. The Morgan fingerprint density at radius 2 is 1.90 bits per heavy atom. The van der Waals surface area contributed by atoms with Gasteiger partial charge in [-0.15, -0.1) is 0 Å². The summed E-state index contributed by atoms with van der Waals surface area (Å²) in [5.74, 6) is -0.647. The van der Waals surface area contributed by atoms with Gasteiger partial charge in [0.25, 0.3) is 5.91 Å². The number of hydrogen-bond acceptors (Lipinski definition) is 6. The van der Waals surface area contributed by atoms with E-state index in [1.54, 1.807) is 31.2 Å². The number of methoxy groups -OCH3 is 1. The van der Waals surface area contributed by atoms with Crippen molar-refractivity contribution in [2.45, 2.75) is 13.0 Å². The van der Waals surface area contributed by atoms with E-state index >= 15 is 0 Å². The van der Waals surface area contributed by atoms with E-state index in [1.807, 2.05) is 0 Å². The molecule has 0 fully saturated rings. The van der Waals surface area contributed by atoms with E-state index in [2.05, 4.69) is 20.1 Å². The topological polar surface area (TPSA) is 120 Å². The number of aromatic amines is 1. The first-order valence-electron chi connectivity index (χ1n) is 6.08. The lowest BCUT2D eigenvalue weighted by Gasteiger charge is -2.12. The zero-order chi connectivity index (χ0) is 15.4. The van der Waals surface area contributed by atoms with Crippen molar-refractivity contribution in [3.05, 3.63) is 30.0 Å². The van der Waals surface area contributed by atoms with Crippen LogP contribution in [0.15, 0.2) is 24.3 Å². The Kier molecular flexibility index (Phi) is 4.17. The minimum Gasteiger partial charge on any atom is -0.479 e. The molecule has 1 aromatic heterocycles. The van der Waals surface area contributed by atoms with Crippen molar-refractivity contribution in [1.82, 2.24) is 15.4 Å². The van der Waals surface area contributed by atoms with E-state index < -0.39 is 18.0 Å². The fraction of sp³-hybridized carbons (Fsp3) is 0.231. The molecule has 0 saturated heterocycles. The average Bonchev–Trinajstić information content (AvgIpc) is 2.96. The quantitative estimate of drug-likeness (QED) is 0.774. The van der Waals surface area contributed by atoms with Gasteiger partial charge in [-0.3, -0.25) is 4.79 Å². The predicted octanol–water partition coefficient (Wildman–Crippen LogP) is 0.511. The molecule has 2 aromatic rings. The summed E-state index contributed by atoms with van der Waals surface area (Å²) >= 11 is 0. The van der Waals surface area contributed by atoms with Gasteiger partial charge in [0.1, 0.15) is 11.4 Å². The largest absolute Gasteiger partial charge is 0.479 e. The van der Waals surface area contributed by atoms with Crippen LogP contribution in [-0.2, 0) is 9.53 Å². The summed E-state index contributed by atoms with van der Waals surface area (Å²) in [5, 5.41) is 9.94. The fourth-order valence-electron chi connectivity index (χ4n) is 1.71. The van der Waals surface area contributed by atoms with E-state index in [9.17, 15) is 9.59 Å². The van der Waals surface area contributed by atoms with Gasteiger partial charge in [-0.05, 0) is 31.2 Å². The van der Waals surface area contributed by atoms with Crippen LogP contribution in [0.25, 0.3) is 11.3 Å². The van der Waals surface area contributed by atoms with Gasteiger partial charge in [-0.25, -0.2) is 4.79 Å². The zero-order valence-electron chi connectivity index (χ0n) is 11.5. The average molecular weight is 290 g/mol. The standard InChI is InChI=1S/C13H14N4O4/c1-7(13(19)20-2)21-9-5-3-8(4-6-9)10-11(12(14)18)16-17-15-10/h3-7H,1-2H3,(H2,14,18)(H,15,16,17). The molecular weight excluding hydrogens is 276 g/mol. The molecule has 2 rings (SSSR count). The lowest BCUT2D eigenvalue weighted by atomic mass is 10.1. The van der Waals surface area contributed by atoms with Crippen molar-refractivity contribution >= 4 is 11.9 Å². The second kappa shape index (κ2) is 6.04. The predicted molar refractivity (Wildman–Crippen MR) is 72.4 cm³/mol. The molecule has 1 atom stereocenters. The molecule has 0 saturated carbocycles. The van der Waals surface area contributed by atoms with Crippen LogP contribution in [0.2, 0.25) is 0 Å². The summed E-state index contributed by atoms with van der Waals surface area (Å²) in [4.78, 5) is 22.5. The maximum absolute atomic E-state index is 11.3. The molecule has 110 valence electrons. The van der Waals surface area contributed by atoms with E-state index in [0.717, 1.165) is 0 Å². The number of H-pyrrole nitrogens is 1. The van der Waals surface area contributed by atoms with Crippen LogP contribution in [-0.4, -0.2) is 40.5 Å². The minimum absolute atomic E-state index is 0.0617. The van der Waals surface area contributed by atoms with Crippen LogP contribution < -0.4 is 10.5 Å². The second-order valence-electron chi connectivity index (χ2n) is 4.19. The molecule has 0 spiro atoms. The first-order chi connectivity index (χ1) is 10.0. The number of hydrogen-bond donors (Lipinski definition) is 2. The maximum Gasteiger partial charge on any atom is 0.346 e. The first kappa shape index (κ1) is 14.5. The molecule has 0 aliphatic heterocycles. The van der Waals surface area contributed by atoms with Crippen LogP contribution >= 0.6 is 0 Å². The highest BCUT2D eigenvalue weighted by Gasteiger charge is 2.17. The molecule has 0 aliphatic rings. The Morgan fingerprint density at radius 3 is 2.48 bits per heavy atom. The second-order valence-corrected chi connectivity index (χ2v) is 4.19. The SMILES string of the molecule is COC(=O)C(C)Oc1ccc(-c2n[nH]nc2C(N)=O)cc1. The molecule has 0 bridgehead atoms. The number of nitrogens with one attached hydrogen (secondary N) is 1. The van der Waals surface area contributed by atoms with Gasteiger partial charge in [0.05, 0.1) is 7.11 Å². The van der Waals surface area contributed by atoms with Gasteiger partial charge in [0.2, 0.25) is 0 Å². The third kappa shape index (κ3) is 3.16. The number of rotatable bonds is 5. The highest BCUT2D eigenvalue weighted by molar-refractivity contribution is 5.96. The number of nitrogens with two attached hydrogens (primary N) is 1. The molecule has 21 heavy (non-hydrogen) atoms. The normalized spacial score (nSPS) is 11.7. The van der Waals surface area contributed by atoms with Gasteiger partial charge in [-0.1, -0.05) is 0 Å². The van der Waals surface area contributed by atoms with E-state index in [0.29, 0.717) is 17.0 Å². The summed E-state index contributed by atoms with van der Waals surface area (Å²) in [7, 11) is 1.29. The molecule has 8 nitrogen and oxygen atoms in total. The Morgan fingerprint density at radius 1 is 1.24 bits per heavy atom. The Hall–Kier alpha value is -2.90. The summed E-state index contributed by atoms with van der Waals surface area (Å²) in [6.07, 6.45) is -0.714. The molecule has 3 N–H and O–H groups in total. The van der Waals surface area contributed by atoms with Crippen LogP contribution in [0, 0.1) is 0 Å². The summed E-state index contributed by atoms with van der Waals surface area (Å²) in [6.45, 7) is 1.59. The van der Waals surface area contributed by atoms with Crippen LogP contribution in [0.3, 0.4) is 0 Å². The molecule has 1 amide bonds. The van der Waals surface area contributed by atoms with E-state index in [4.69, 9.17) is 10.5 Å².